The molecule has 3 rings (SSSR count). The highest BCUT2D eigenvalue weighted by Crippen LogP contribution is 2.32. The van der Waals surface area contributed by atoms with Gasteiger partial charge in [0.25, 0.3) is 10.0 Å². The number of hydrogen-bond donors (Lipinski definition) is 0. The highest BCUT2D eigenvalue weighted by Gasteiger charge is 2.17. The molecule has 25 heavy (non-hydrogen) atoms. The van der Waals surface area contributed by atoms with Crippen LogP contribution < -0.4 is 4.80 Å². The van der Waals surface area contributed by atoms with Gasteiger partial charge in [-0.3, -0.25) is 0 Å². The van der Waals surface area contributed by atoms with Crippen LogP contribution in [0.1, 0.15) is 0 Å². The van der Waals surface area contributed by atoms with Crippen LogP contribution in [0, 0.1) is 0 Å². The summed E-state index contributed by atoms with van der Waals surface area (Å²) in [4.78, 5) is 0.425. The molecule has 0 N–H and O–H groups in total. The number of aromatic nitrogens is 1. The van der Waals surface area contributed by atoms with Crippen molar-refractivity contribution in [3.05, 3.63) is 57.3 Å². The van der Waals surface area contributed by atoms with Crippen molar-refractivity contribution >= 4 is 54.8 Å². The third-order valence-corrected chi connectivity index (χ3v) is 6.73. The number of rotatable bonds is 5. The van der Waals surface area contributed by atoms with Crippen LogP contribution >= 0.6 is 34.5 Å². The third-order valence-electron chi connectivity index (χ3n) is 3.49. The molecule has 132 valence electrons. The van der Waals surface area contributed by atoms with E-state index in [1.165, 1.54) is 23.5 Å². The first kappa shape index (κ1) is 18.4. The lowest BCUT2D eigenvalue weighted by atomic mass is 10.3. The zero-order chi connectivity index (χ0) is 18.0. The van der Waals surface area contributed by atoms with Crippen LogP contribution in [0.4, 0.5) is 0 Å². The average Bonchev–Trinajstić information content (AvgIpc) is 2.96. The topological polar surface area (TPSA) is 60.7 Å². The first-order chi connectivity index (χ1) is 11.9. The molecule has 0 saturated carbocycles. The highest BCUT2D eigenvalue weighted by atomic mass is 35.5. The summed E-state index contributed by atoms with van der Waals surface area (Å²) in [5.41, 5.74) is 0.651. The van der Waals surface area contributed by atoms with E-state index >= 15 is 0 Å². The van der Waals surface area contributed by atoms with E-state index in [1.807, 2.05) is 0 Å². The third kappa shape index (κ3) is 3.75. The minimum Gasteiger partial charge on any atom is -0.383 e. The molecule has 9 heteroatoms. The minimum absolute atomic E-state index is 0.128. The molecule has 0 radical (unpaired) electrons. The van der Waals surface area contributed by atoms with Gasteiger partial charge in [0.1, 0.15) is 0 Å². The van der Waals surface area contributed by atoms with Crippen LogP contribution in [0.3, 0.4) is 0 Å². The molecule has 0 aliphatic rings. The van der Waals surface area contributed by atoms with Crippen molar-refractivity contribution in [1.82, 2.24) is 4.57 Å². The summed E-state index contributed by atoms with van der Waals surface area (Å²) < 4.78 is 36.8. The number of hydrogen-bond acceptors (Lipinski definition) is 4. The Hall–Kier alpha value is -1.38. The van der Waals surface area contributed by atoms with Gasteiger partial charge in [-0.2, -0.15) is 8.42 Å². The lowest BCUT2D eigenvalue weighted by Gasteiger charge is -2.06. The second-order valence-electron chi connectivity index (χ2n) is 5.12. The van der Waals surface area contributed by atoms with Crippen molar-refractivity contribution in [2.24, 2.45) is 4.40 Å². The van der Waals surface area contributed by atoms with Crippen LogP contribution in [-0.2, 0) is 21.3 Å². The van der Waals surface area contributed by atoms with Gasteiger partial charge in [0, 0.05) is 13.7 Å². The number of benzene rings is 2. The molecule has 1 heterocycles. The number of thiazole rings is 1. The van der Waals surface area contributed by atoms with Crippen molar-refractivity contribution in [2.45, 2.75) is 11.4 Å². The monoisotopic (exact) mass is 416 g/mol. The summed E-state index contributed by atoms with van der Waals surface area (Å²) in [5, 5.41) is 0.972. The summed E-state index contributed by atoms with van der Waals surface area (Å²) in [7, 11) is -2.28. The van der Waals surface area contributed by atoms with Crippen molar-refractivity contribution in [3.8, 4) is 0 Å². The number of ether oxygens (including phenoxy) is 1. The van der Waals surface area contributed by atoms with Gasteiger partial charge in [-0.15, -0.1) is 4.40 Å². The molecule has 0 amide bonds. The molecule has 0 saturated heterocycles. The highest BCUT2D eigenvalue weighted by molar-refractivity contribution is 7.90. The molecule has 0 spiro atoms. The summed E-state index contributed by atoms with van der Waals surface area (Å²) in [6.45, 7) is 0.785. The van der Waals surface area contributed by atoms with Crippen molar-refractivity contribution in [1.29, 1.82) is 0 Å². The first-order valence-electron chi connectivity index (χ1n) is 7.26. The van der Waals surface area contributed by atoms with Crippen LogP contribution in [0.5, 0.6) is 0 Å². The SMILES string of the molecule is COCCn1c(=NS(=O)(=O)c2ccccc2)sc2c(Cl)ccc(Cl)c21. The smallest absolute Gasteiger partial charge is 0.285 e. The van der Waals surface area contributed by atoms with Gasteiger partial charge in [0.15, 0.2) is 0 Å². The summed E-state index contributed by atoms with van der Waals surface area (Å²) >= 11 is 13.7. The Balaban J connectivity index is 2.28. The Morgan fingerprint density at radius 1 is 1.12 bits per heavy atom. The van der Waals surface area contributed by atoms with E-state index in [9.17, 15) is 8.42 Å². The fourth-order valence-electron chi connectivity index (χ4n) is 2.32. The normalized spacial score (nSPS) is 12.8. The average molecular weight is 417 g/mol. The molecular formula is C16H14Cl2N2O3S2. The Labute approximate surface area is 159 Å². The first-order valence-corrected chi connectivity index (χ1v) is 10.3. The van der Waals surface area contributed by atoms with Crippen molar-refractivity contribution < 1.29 is 13.2 Å². The second-order valence-corrected chi connectivity index (χ2v) is 8.51. The zero-order valence-electron chi connectivity index (χ0n) is 13.1. The maximum atomic E-state index is 12.6. The van der Waals surface area contributed by atoms with Crippen LogP contribution in [0.2, 0.25) is 10.0 Å². The maximum absolute atomic E-state index is 12.6. The maximum Gasteiger partial charge on any atom is 0.285 e. The molecule has 0 aliphatic heterocycles. The van der Waals surface area contributed by atoms with Gasteiger partial charge in [-0.05, 0) is 24.3 Å². The summed E-state index contributed by atoms with van der Waals surface area (Å²) in [5.74, 6) is 0. The number of halogens is 2. The predicted octanol–water partition coefficient (Wildman–Crippen LogP) is 3.95. The molecule has 5 nitrogen and oxygen atoms in total. The van der Waals surface area contributed by atoms with Gasteiger partial charge < -0.3 is 9.30 Å². The Morgan fingerprint density at radius 2 is 1.80 bits per heavy atom. The lowest BCUT2D eigenvalue weighted by Crippen LogP contribution is -2.19. The molecule has 0 fully saturated rings. The number of sulfonamides is 1. The number of nitrogens with zero attached hydrogens (tertiary/aromatic N) is 2. The van der Waals surface area contributed by atoms with E-state index in [-0.39, 0.29) is 4.90 Å². The molecule has 2 aromatic carbocycles. The quantitative estimate of drug-likeness (QED) is 0.632. The summed E-state index contributed by atoms with van der Waals surface area (Å²) in [6.07, 6.45) is 0. The number of fused-ring (bicyclic) bond motifs is 1. The van der Waals surface area contributed by atoms with Crippen molar-refractivity contribution in [2.75, 3.05) is 13.7 Å². The van der Waals surface area contributed by atoms with E-state index in [0.29, 0.717) is 38.2 Å². The Kier molecular flexibility index (Phi) is 5.50. The molecule has 0 bridgehead atoms. The van der Waals surface area contributed by atoms with Gasteiger partial charge in [0.05, 0.1) is 31.8 Å². The van der Waals surface area contributed by atoms with E-state index in [0.717, 1.165) is 0 Å². The molecule has 1 aromatic heterocycles. The predicted molar refractivity (Wildman–Crippen MR) is 101 cm³/mol. The number of methoxy groups -OCH3 is 1. The molecule has 0 atom stereocenters. The van der Waals surface area contributed by atoms with Crippen LogP contribution in [-0.4, -0.2) is 26.7 Å². The van der Waals surface area contributed by atoms with E-state index in [2.05, 4.69) is 4.40 Å². The molecule has 0 unspecified atom stereocenters. The largest absolute Gasteiger partial charge is 0.383 e. The summed E-state index contributed by atoms with van der Waals surface area (Å²) in [6, 6.07) is 11.4. The van der Waals surface area contributed by atoms with E-state index < -0.39 is 10.0 Å². The van der Waals surface area contributed by atoms with Crippen LogP contribution in [0.15, 0.2) is 51.8 Å². The fraction of sp³-hybridized carbons (Fsp3) is 0.188. The lowest BCUT2D eigenvalue weighted by molar-refractivity contribution is 0.187. The van der Waals surface area contributed by atoms with Gasteiger partial charge >= 0.3 is 0 Å². The Bertz CT molecular complexity index is 1070. The van der Waals surface area contributed by atoms with E-state index in [1.54, 1.807) is 42.0 Å². The molecular weight excluding hydrogens is 403 g/mol. The molecule has 3 aromatic rings. The van der Waals surface area contributed by atoms with Gasteiger partial charge in [-0.25, -0.2) is 0 Å². The van der Waals surface area contributed by atoms with E-state index in [4.69, 9.17) is 27.9 Å². The van der Waals surface area contributed by atoms with Crippen LogP contribution in [0.25, 0.3) is 10.2 Å². The zero-order valence-corrected chi connectivity index (χ0v) is 16.3. The Morgan fingerprint density at radius 3 is 2.48 bits per heavy atom. The second kappa shape index (κ2) is 7.47. The molecule has 0 aliphatic carbocycles. The van der Waals surface area contributed by atoms with Crippen molar-refractivity contribution in [3.63, 3.8) is 0 Å². The van der Waals surface area contributed by atoms with Gasteiger partial charge in [0.2, 0.25) is 4.80 Å². The standard InChI is InChI=1S/C16H14Cl2N2O3S2/c1-23-10-9-20-14-12(17)7-8-13(18)15(14)24-16(20)19-25(21,22)11-5-3-2-4-6-11/h2-8H,9-10H2,1H3. The van der Waals surface area contributed by atoms with Gasteiger partial charge in [-0.1, -0.05) is 52.7 Å². The fourth-order valence-corrected chi connectivity index (χ4v) is 5.21. The minimum atomic E-state index is -3.85.